The van der Waals surface area contributed by atoms with E-state index in [1.54, 1.807) is 18.2 Å². The van der Waals surface area contributed by atoms with E-state index in [1.807, 2.05) is 0 Å². The number of anilines is 1. The van der Waals surface area contributed by atoms with Crippen LogP contribution in [-0.2, 0) is 9.53 Å². The number of phenolic OH excluding ortho intramolecular Hbond substituents is 1. The monoisotopic (exact) mass is 369 g/mol. The van der Waals surface area contributed by atoms with Crippen LogP contribution in [0.4, 0.5) is 5.69 Å². The maximum atomic E-state index is 11.9. The third kappa shape index (κ3) is 4.31. The Kier molecular flexibility index (Phi) is 5.89. The first-order valence-corrected chi connectivity index (χ1v) is 7.46. The van der Waals surface area contributed by atoms with Gasteiger partial charge in [0.1, 0.15) is 17.1 Å². The van der Waals surface area contributed by atoms with Crippen molar-refractivity contribution >= 4 is 40.8 Å². The van der Waals surface area contributed by atoms with E-state index in [0.717, 1.165) is 0 Å². The van der Waals surface area contributed by atoms with Crippen LogP contribution in [0.3, 0.4) is 0 Å². The normalized spacial score (nSPS) is 10.1. The topological polar surface area (TPSA) is 84.9 Å². The van der Waals surface area contributed by atoms with Crippen molar-refractivity contribution in [1.82, 2.24) is 0 Å². The van der Waals surface area contributed by atoms with Crippen LogP contribution in [0.1, 0.15) is 10.4 Å². The van der Waals surface area contributed by atoms with Gasteiger partial charge in [-0.15, -0.1) is 0 Å². The van der Waals surface area contributed by atoms with Crippen molar-refractivity contribution in [3.05, 3.63) is 52.0 Å². The summed E-state index contributed by atoms with van der Waals surface area (Å²) in [7, 11) is 1.43. The highest BCUT2D eigenvalue weighted by molar-refractivity contribution is 6.44. The summed E-state index contributed by atoms with van der Waals surface area (Å²) in [6, 6.07) is 8.84. The second-order valence-electron chi connectivity index (χ2n) is 4.61. The molecule has 0 fully saturated rings. The molecule has 0 bridgehead atoms. The molecule has 0 spiro atoms. The molecule has 8 heteroatoms. The van der Waals surface area contributed by atoms with E-state index in [2.05, 4.69) is 5.32 Å². The number of rotatable bonds is 5. The molecule has 0 aromatic heterocycles. The SMILES string of the molecule is COc1ccc(C(=O)OCC(=O)Nc2cccc(Cl)c2Cl)c(O)c1. The number of carbonyl (C=O) groups is 2. The first-order chi connectivity index (χ1) is 11.4. The van der Waals surface area contributed by atoms with Gasteiger partial charge in [0.25, 0.3) is 5.91 Å². The summed E-state index contributed by atoms with van der Waals surface area (Å²) < 4.78 is 9.77. The zero-order chi connectivity index (χ0) is 17.7. The number of methoxy groups -OCH3 is 1. The maximum Gasteiger partial charge on any atom is 0.342 e. The van der Waals surface area contributed by atoms with E-state index in [-0.39, 0.29) is 21.4 Å². The molecule has 0 radical (unpaired) electrons. The van der Waals surface area contributed by atoms with Gasteiger partial charge < -0.3 is 19.9 Å². The number of esters is 1. The number of carbonyl (C=O) groups excluding carboxylic acids is 2. The molecule has 2 N–H and O–H groups in total. The number of ether oxygens (including phenoxy) is 2. The molecule has 0 atom stereocenters. The first-order valence-electron chi connectivity index (χ1n) is 6.70. The van der Waals surface area contributed by atoms with Crippen LogP contribution in [0.5, 0.6) is 11.5 Å². The molecule has 0 aliphatic rings. The predicted molar refractivity (Wildman–Crippen MR) is 90.0 cm³/mol. The number of phenols is 1. The van der Waals surface area contributed by atoms with Gasteiger partial charge >= 0.3 is 5.97 Å². The second-order valence-corrected chi connectivity index (χ2v) is 5.39. The number of amides is 1. The minimum atomic E-state index is -0.845. The van der Waals surface area contributed by atoms with E-state index in [0.29, 0.717) is 11.4 Å². The van der Waals surface area contributed by atoms with Crippen molar-refractivity contribution in [3.8, 4) is 11.5 Å². The summed E-state index contributed by atoms with van der Waals surface area (Å²) in [6.07, 6.45) is 0. The fourth-order valence-corrected chi connectivity index (χ4v) is 2.15. The lowest BCUT2D eigenvalue weighted by atomic mass is 10.2. The second kappa shape index (κ2) is 7.90. The standard InChI is InChI=1S/C16H13Cl2NO5/c1-23-9-5-6-10(13(20)7-9)16(22)24-8-14(21)19-12-4-2-3-11(17)15(12)18/h2-7,20H,8H2,1H3,(H,19,21). The number of benzene rings is 2. The molecule has 2 rings (SSSR count). The Morgan fingerprint density at radius 1 is 1.21 bits per heavy atom. The molecule has 2 aromatic rings. The molecular weight excluding hydrogens is 357 g/mol. The Hall–Kier alpha value is -2.44. The third-order valence-corrected chi connectivity index (χ3v) is 3.80. The minimum Gasteiger partial charge on any atom is -0.507 e. The average Bonchev–Trinajstić information content (AvgIpc) is 2.56. The molecule has 0 saturated heterocycles. The lowest BCUT2D eigenvalue weighted by Gasteiger charge is -2.09. The molecule has 0 unspecified atom stereocenters. The molecular formula is C16H13Cl2NO5. The van der Waals surface area contributed by atoms with Crippen LogP contribution < -0.4 is 10.1 Å². The van der Waals surface area contributed by atoms with Crippen molar-refractivity contribution in [2.24, 2.45) is 0 Å². The highest BCUT2D eigenvalue weighted by Gasteiger charge is 2.16. The molecule has 126 valence electrons. The quantitative estimate of drug-likeness (QED) is 0.787. The molecule has 0 aliphatic carbocycles. The van der Waals surface area contributed by atoms with Gasteiger partial charge in [0, 0.05) is 6.07 Å². The van der Waals surface area contributed by atoms with Gasteiger partial charge in [-0.1, -0.05) is 29.3 Å². The van der Waals surface area contributed by atoms with Crippen molar-refractivity contribution in [3.63, 3.8) is 0 Å². The summed E-state index contributed by atoms with van der Waals surface area (Å²) in [5, 5.41) is 12.7. The molecule has 2 aromatic carbocycles. The highest BCUT2D eigenvalue weighted by atomic mass is 35.5. The van der Waals surface area contributed by atoms with E-state index in [9.17, 15) is 14.7 Å². The van der Waals surface area contributed by atoms with Crippen LogP contribution in [0.15, 0.2) is 36.4 Å². The number of hydrogen-bond acceptors (Lipinski definition) is 5. The highest BCUT2D eigenvalue weighted by Crippen LogP contribution is 2.29. The molecule has 0 heterocycles. The molecule has 24 heavy (non-hydrogen) atoms. The van der Waals surface area contributed by atoms with Crippen molar-refractivity contribution in [2.45, 2.75) is 0 Å². The molecule has 0 aliphatic heterocycles. The third-order valence-electron chi connectivity index (χ3n) is 2.98. The Bertz CT molecular complexity index is 779. The van der Waals surface area contributed by atoms with Crippen molar-refractivity contribution in [1.29, 1.82) is 0 Å². The zero-order valence-corrected chi connectivity index (χ0v) is 14.0. The van der Waals surface area contributed by atoms with Crippen molar-refractivity contribution < 1.29 is 24.2 Å². The number of hydrogen-bond donors (Lipinski definition) is 2. The summed E-state index contributed by atoms with van der Waals surface area (Å²) in [6.45, 7) is -0.548. The van der Waals surface area contributed by atoms with Crippen LogP contribution in [0.2, 0.25) is 10.0 Å². The Morgan fingerprint density at radius 2 is 1.96 bits per heavy atom. The first kappa shape index (κ1) is 17.9. The van der Waals surface area contributed by atoms with E-state index < -0.39 is 18.5 Å². The molecule has 0 saturated carbocycles. The van der Waals surface area contributed by atoms with Crippen LogP contribution in [0, 0.1) is 0 Å². The maximum absolute atomic E-state index is 11.9. The lowest BCUT2D eigenvalue weighted by Crippen LogP contribution is -2.21. The van der Waals surface area contributed by atoms with Gasteiger partial charge in [0.2, 0.25) is 0 Å². The Balaban J connectivity index is 1.96. The van der Waals surface area contributed by atoms with Crippen LogP contribution in [0.25, 0.3) is 0 Å². The minimum absolute atomic E-state index is 0.0793. The van der Waals surface area contributed by atoms with Gasteiger partial charge in [-0.2, -0.15) is 0 Å². The molecule has 1 amide bonds. The van der Waals surface area contributed by atoms with Gasteiger partial charge in [0.05, 0.1) is 22.8 Å². The number of halogens is 2. The molecule has 6 nitrogen and oxygen atoms in total. The van der Waals surface area contributed by atoms with E-state index in [4.69, 9.17) is 32.7 Å². The van der Waals surface area contributed by atoms with Gasteiger partial charge in [-0.25, -0.2) is 4.79 Å². The van der Waals surface area contributed by atoms with Gasteiger partial charge in [0.15, 0.2) is 6.61 Å². The largest absolute Gasteiger partial charge is 0.507 e. The zero-order valence-electron chi connectivity index (χ0n) is 12.5. The number of aromatic hydroxyl groups is 1. The average molecular weight is 370 g/mol. The van der Waals surface area contributed by atoms with Gasteiger partial charge in [-0.05, 0) is 24.3 Å². The summed E-state index contributed by atoms with van der Waals surface area (Å²) in [5.41, 5.74) is 0.224. The van der Waals surface area contributed by atoms with Crippen molar-refractivity contribution in [2.75, 3.05) is 19.0 Å². The fourth-order valence-electron chi connectivity index (χ4n) is 1.81. The summed E-state index contributed by atoms with van der Waals surface area (Å²) in [5.74, 6) is -1.36. The predicted octanol–water partition coefficient (Wildman–Crippen LogP) is 3.50. The smallest absolute Gasteiger partial charge is 0.342 e. The number of nitrogens with one attached hydrogen (secondary N) is 1. The lowest BCUT2D eigenvalue weighted by molar-refractivity contribution is -0.119. The Labute approximate surface area is 147 Å². The van der Waals surface area contributed by atoms with Gasteiger partial charge in [-0.3, -0.25) is 4.79 Å². The summed E-state index contributed by atoms with van der Waals surface area (Å²) >= 11 is 11.8. The fraction of sp³-hybridized carbons (Fsp3) is 0.125. The van der Waals surface area contributed by atoms with Crippen LogP contribution in [-0.4, -0.2) is 30.7 Å². The summed E-state index contributed by atoms with van der Waals surface area (Å²) in [4.78, 5) is 23.7. The van der Waals surface area contributed by atoms with Crippen LogP contribution >= 0.6 is 23.2 Å². The Morgan fingerprint density at radius 3 is 2.62 bits per heavy atom. The van der Waals surface area contributed by atoms with E-state index >= 15 is 0 Å². The van der Waals surface area contributed by atoms with E-state index in [1.165, 1.54) is 25.3 Å².